The third-order valence-corrected chi connectivity index (χ3v) is 3.83. The first-order valence-electron chi connectivity index (χ1n) is 6.61. The van der Waals surface area contributed by atoms with E-state index in [1.807, 2.05) is 36.4 Å². The normalized spacial score (nSPS) is 15.7. The van der Waals surface area contributed by atoms with Crippen LogP contribution in [-0.2, 0) is 0 Å². The molecule has 1 aliphatic rings. The predicted octanol–water partition coefficient (Wildman–Crippen LogP) is 4.24. The second kappa shape index (κ2) is 7.12. The molecule has 112 valence electrons. The van der Waals surface area contributed by atoms with Gasteiger partial charge in [-0.3, -0.25) is 0 Å². The Balaban J connectivity index is 0.00000161. The highest BCUT2D eigenvalue weighted by Crippen LogP contribution is 2.32. The van der Waals surface area contributed by atoms with E-state index in [1.165, 1.54) is 6.07 Å². The molecule has 1 N–H and O–H groups in total. The lowest BCUT2D eigenvalue weighted by atomic mass is 9.90. The van der Waals surface area contributed by atoms with Gasteiger partial charge in [0, 0.05) is 19.0 Å². The molecule has 2 aromatic carbocycles. The van der Waals surface area contributed by atoms with Crippen molar-refractivity contribution in [3.8, 4) is 5.75 Å². The molecule has 3 rings (SSSR count). The van der Waals surface area contributed by atoms with E-state index in [4.69, 9.17) is 16.3 Å². The number of hydrogen-bond donors (Lipinski definition) is 1. The van der Waals surface area contributed by atoms with Crippen molar-refractivity contribution in [2.75, 3.05) is 13.1 Å². The van der Waals surface area contributed by atoms with E-state index in [-0.39, 0.29) is 23.5 Å². The van der Waals surface area contributed by atoms with E-state index in [1.54, 1.807) is 6.07 Å². The van der Waals surface area contributed by atoms with Gasteiger partial charge < -0.3 is 10.1 Å². The Morgan fingerprint density at radius 2 is 1.86 bits per heavy atom. The molecular weight excluding hydrogens is 312 g/mol. The van der Waals surface area contributed by atoms with Crippen molar-refractivity contribution < 1.29 is 9.13 Å². The highest BCUT2D eigenvalue weighted by atomic mass is 35.5. The summed E-state index contributed by atoms with van der Waals surface area (Å²) in [5.41, 5.74) is 0.822. The van der Waals surface area contributed by atoms with Crippen LogP contribution in [0.5, 0.6) is 5.75 Å². The van der Waals surface area contributed by atoms with Crippen molar-refractivity contribution >= 4 is 24.0 Å². The van der Waals surface area contributed by atoms with Crippen LogP contribution >= 0.6 is 24.0 Å². The summed E-state index contributed by atoms with van der Waals surface area (Å²) in [4.78, 5) is 0. The first-order chi connectivity index (χ1) is 9.74. The van der Waals surface area contributed by atoms with Gasteiger partial charge in [0.25, 0.3) is 0 Å². The third-order valence-electron chi connectivity index (χ3n) is 3.52. The zero-order valence-corrected chi connectivity index (χ0v) is 12.8. The molecule has 0 unspecified atom stereocenters. The van der Waals surface area contributed by atoms with Crippen molar-refractivity contribution in [3.05, 3.63) is 64.9 Å². The highest BCUT2D eigenvalue weighted by Gasteiger charge is 2.30. The third kappa shape index (κ3) is 3.67. The standard InChI is InChI=1S/C16H15ClFNO.ClH/c17-14-7-6-11(8-15(14)18)16(12-9-19-10-12)20-13-4-2-1-3-5-13;/h1-8,12,16,19H,9-10H2;1H/t16-;/m1./s1. The number of halogens is 3. The molecular formula is C16H16Cl2FNO. The summed E-state index contributed by atoms with van der Waals surface area (Å²) in [5.74, 6) is 0.730. The smallest absolute Gasteiger partial charge is 0.142 e. The van der Waals surface area contributed by atoms with Crippen LogP contribution in [0.3, 0.4) is 0 Å². The molecule has 0 bridgehead atoms. The molecule has 2 aromatic rings. The molecule has 5 heteroatoms. The number of benzene rings is 2. The number of ether oxygens (including phenoxy) is 1. The van der Waals surface area contributed by atoms with Gasteiger partial charge in [-0.05, 0) is 29.8 Å². The summed E-state index contributed by atoms with van der Waals surface area (Å²) >= 11 is 5.74. The number of nitrogens with one attached hydrogen (secondary N) is 1. The van der Waals surface area contributed by atoms with Gasteiger partial charge in [0.2, 0.25) is 0 Å². The van der Waals surface area contributed by atoms with E-state index < -0.39 is 5.82 Å². The zero-order valence-electron chi connectivity index (χ0n) is 11.3. The molecule has 1 aliphatic heterocycles. The van der Waals surface area contributed by atoms with Crippen molar-refractivity contribution in [2.45, 2.75) is 6.10 Å². The first kappa shape index (κ1) is 16.1. The van der Waals surface area contributed by atoms with Crippen LogP contribution < -0.4 is 10.1 Å². The quantitative estimate of drug-likeness (QED) is 0.906. The zero-order chi connectivity index (χ0) is 13.9. The molecule has 1 atom stereocenters. The van der Waals surface area contributed by atoms with Gasteiger partial charge in [0.1, 0.15) is 17.7 Å². The molecule has 1 fully saturated rings. The summed E-state index contributed by atoms with van der Waals surface area (Å²) in [6, 6.07) is 14.5. The van der Waals surface area contributed by atoms with Crippen LogP contribution in [0.25, 0.3) is 0 Å². The summed E-state index contributed by atoms with van der Waals surface area (Å²) in [7, 11) is 0. The highest BCUT2D eigenvalue weighted by molar-refractivity contribution is 6.30. The predicted molar refractivity (Wildman–Crippen MR) is 84.8 cm³/mol. The summed E-state index contributed by atoms with van der Waals surface area (Å²) < 4.78 is 19.7. The van der Waals surface area contributed by atoms with E-state index in [0.29, 0.717) is 5.92 Å². The Morgan fingerprint density at radius 3 is 2.43 bits per heavy atom. The lowest BCUT2D eigenvalue weighted by molar-refractivity contribution is 0.0990. The van der Waals surface area contributed by atoms with Crippen LogP contribution in [0.4, 0.5) is 4.39 Å². The Bertz CT molecular complexity index is 590. The van der Waals surface area contributed by atoms with Gasteiger partial charge in [-0.15, -0.1) is 12.4 Å². The number of rotatable bonds is 4. The van der Waals surface area contributed by atoms with Gasteiger partial charge in [-0.25, -0.2) is 4.39 Å². The average molecular weight is 328 g/mol. The fraction of sp³-hybridized carbons (Fsp3) is 0.250. The Morgan fingerprint density at radius 1 is 1.14 bits per heavy atom. The molecule has 1 saturated heterocycles. The summed E-state index contributed by atoms with van der Waals surface area (Å²) in [6.45, 7) is 1.75. The fourth-order valence-corrected chi connectivity index (χ4v) is 2.41. The molecule has 0 saturated carbocycles. The van der Waals surface area contributed by atoms with Gasteiger partial charge in [-0.1, -0.05) is 35.9 Å². The lowest BCUT2D eigenvalue weighted by Crippen LogP contribution is -2.46. The molecule has 0 radical (unpaired) electrons. The van der Waals surface area contributed by atoms with E-state index >= 15 is 0 Å². The first-order valence-corrected chi connectivity index (χ1v) is 6.99. The minimum absolute atomic E-state index is 0. The van der Waals surface area contributed by atoms with Gasteiger partial charge in [-0.2, -0.15) is 0 Å². The van der Waals surface area contributed by atoms with Gasteiger partial charge in [0.05, 0.1) is 5.02 Å². The Kier molecular flexibility index (Phi) is 5.45. The Labute approximate surface area is 134 Å². The van der Waals surface area contributed by atoms with E-state index in [9.17, 15) is 4.39 Å². The number of hydrogen-bond acceptors (Lipinski definition) is 2. The molecule has 0 amide bonds. The van der Waals surface area contributed by atoms with Crippen molar-refractivity contribution in [3.63, 3.8) is 0 Å². The van der Waals surface area contributed by atoms with Crippen LogP contribution in [0.1, 0.15) is 11.7 Å². The molecule has 0 spiro atoms. The molecule has 0 aromatic heterocycles. The topological polar surface area (TPSA) is 21.3 Å². The SMILES string of the molecule is Cl.Fc1cc([C@@H](Oc2ccccc2)C2CNC2)ccc1Cl. The van der Waals surface area contributed by atoms with Gasteiger partial charge in [0.15, 0.2) is 0 Å². The molecule has 2 nitrogen and oxygen atoms in total. The van der Waals surface area contributed by atoms with Crippen molar-refractivity contribution in [2.24, 2.45) is 5.92 Å². The molecule has 1 heterocycles. The maximum absolute atomic E-state index is 13.7. The minimum Gasteiger partial charge on any atom is -0.485 e. The monoisotopic (exact) mass is 327 g/mol. The van der Waals surface area contributed by atoms with E-state index in [0.717, 1.165) is 24.4 Å². The van der Waals surface area contributed by atoms with Crippen LogP contribution in [-0.4, -0.2) is 13.1 Å². The molecule has 0 aliphatic carbocycles. The number of para-hydroxylation sites is 1. The Hall–Kier alpha value is -1.29. The summed E-state index contributed by atoms with van der Waals surface area (Å²) in [5, 5.41) is 3.36. The lowest BCUT2D eigenvalue weighted by Gasteiger charge is -2.35. The minimum atomic E-state index is -0.405. The average Bonchev–Trinajstić information content (AvgIpc) is 2.40. The second-order valence-corrected chi connectivity index (χ2v) is 5.35. The van der Waals surface area contributed by atoms with Crippen LogP contribution in [0, 0.1) is 11.7 Å². The van der Waals surface area contributed by atoms with Crippen LogP contribution in [0.15, 0.2) is 48.5 Å². The van der Waals surface area contributed by atoms with Crippen molar-refractivity contribution in [1.29, 1.82) is 0 Å². The van der Waals surface area contributed by atoms with E-state index in [2.05, 4.69) is 5.32 Å². The maximum Gasteiger partial charge on any atom is 0.142 e. The maximum atomic E-state index is 13.7. The molecule has 21 heavy (non-hydrogen) atoms. The van der Waals surface area contributed by atoms with Gasteiger partial charge >= 0.3 is 0 Å². The fourth-order valence-electron chi connectivity index (χ4n) is 2.30. The largest absolute Gasteiger partial charge is 0.485 e. The van der Waals surface area contributed by atoms with Crippen LogP contribution in [0.2, 0.25) is 5.02 Å². The summed E-state index contributed by atoms with van der Waals surface area (Å²) in [6.07, 6.45) is -0.162. The van der Waals surface area contributed by atoms with Crippen molar-refractivity contribution in [1.82, 2.24) is 5.32 Å². The second-order valence-electron chi connectivity index (χ2n) is 4.94.